The fourth-order valence-corrected chi connectivity index (χ4v) is 1.86. The van der Waals surface area contributed by atoms with Crippen LogP contribution in [0.15, 0.2) is 12.4 Å². The molecule has 0 spiro atoms. The Morgan fingerprint density at radius 2 is 2.31 bits per heavy atom. The maximum absolute atomic E-state index is 12.0. The van der Waals surface area contributed by atoms with E-state index in [0.717, 1.165) is 25.1 Å². The number of rotatable bonds is 1. The summed E-state index contributed by atoms with van der Waals surface area (Å²) in [7, 11) is 0. The monoisotopic (exact) mass is 220 g/mol. The van der Waals surface area contributed by atoms with Crippen LogP contribution in [0.5, 0.6) is 0 Å². The summed E-state index contributed by atoms with van der Waals surface area (Å²) in [5.41, 5.74) is 7.05. The van der Waals surface area contributed by atoms with E-state index in [1.165, 1.54) is 6.20 Å². The van der Waals surface area contributed by atoms with Gasteiger partial charge in [0.25, 0.3) is 5.91 Å². The van der Waals surface area contributed by atoms with Crippen LogP contribution in [0.4, 0.5) is 0 Å². The lowest BCUT2D eigenvalue weighted by Gasteiger charge is -2.30. The summed E-state index contributed by atoms with van der Waals surface area (Å²) < 4.78 is 0. The van der Waals surface area contributed by atoms with Crippen molar-refractivity contribution < 1.29 is 4.79 Å². The molecule has 5 heteroatoms. The number of hydrogen-bond donors (Lipinski definition) is 1. The molecule has 1 unspecified atom stereocenters. The smallest absolute Gasteiger partial charge is 0.274 e. The molecule has 1 aromatic rings. The molecule has 0 aliphatic carbocycles. The van der Waals surface area contributed by atoms with Crippen molar-refractivity contribution in [2.24, 2.45) is 5.73 Å². The minimum absolute atomic E-state index is 0.0670. The first-order valence-electron chi connectivity index (χ1n) is 5.50. The third-order valence-electron chi connectivity index (χ3n) is 2.75. The molecule has 16 heavy (non-hydrogen) atoms. The van der Waals surface area contributed by atoms with Crippen LogP contribution in [0.3, 0.4) is 0 Å². The Balaban J connectivity index is 2.09. The van der Waals surface area contributed by atoms with Gasteiger partial charge in [-0.25, -0.2) is 4.98 Å². The van der Waals surface area contributed by atoms with Gasteiger partial charge in [-0.2, -0.15) is 0 Å². The summed E-state index contributed by atoms with van der Waals surface area (Å²) in [5, 5.41) is 0. The largest absolute Gasteiger partial charge is 0.336 e. The van der Waals surface area contributed by atoms with E-state index in [1.807, 2.05) is 6.92 Å². The van der Waals surface area contributed by atoms with Crippen molar-refractivity contribution in [2.75, 3.05) is 13.1 Å². The SMILES string of the molecule is Cc1cnc(C(=O)N2CCCC(N)C2)cn1. The van der Waals surface area contributed by atoms with Crippen molar-refractivity contribution in [1.29, 1.82) is 0 Å². The topological polar surface area (TPSA) is 72.1 Å². The summed E-state index contributed by atoms with van der Waals surface area (Å²) in [5.74, 6) is -0.0670. The maximum Gasteiger partial charge on any atom is 0.274 e. The van der Waals surface area contributed by atoms with Crippen LogP contribution in [0.2, 0.25) is 0 Å². The molecule has 0 radical (unpaired) electrons. The highest BCUT2D eigenvalue weighted by Crippen LogP contribution is 2.11. The Labute approximate surface area is 94.7 Å². The first kappa shape index (κ1) is 11.0. The molecule has 2 rings (SSSR count). The van der Waals surface area contributed by atoms with Gasteiger partial charge >= 0.3 is 0 Å². The van der Waals surface area contributed by atoms with Crippen molar-refractivity contribution in [2.45, 2.75) is 25.8 Å². The number of carbonyl (C=O) groups is 1. The Morgan fingerprint density at radius 3 is 2.94 bits per heavy atom. The number of likely N-dealkylation sites (tertiary alicyclic amines) is 1. The zero-order chi connectivity index (χ0) is 11.5. The van der Waals surface area contributed by atoms with Crippen LogP contribution < -0.4 is 5.73 Å². The molecule has 1 fully saturated rings. The van der Waals surface area contributed by atoms with Gasteiger partial charge in [-0.05, 0) is 19.8 Å². The van der Waals surface area contributed by atoms with E-state index in [2.05, 4.69) is 9.97 Å². The highest BCUT2D eigenvalue weighted by molar-refractivity contribution is 5.92. The second-order valence-electron chi connectivity index (χ2n) is 4.20. The molecule has 1 saturated heterocycles. The lowest BCUT2D eigenvalue weighted by atomic mass is 10.1. The van der Waals surface area contributed by atoms with E-state index in [0.29, 0.717) is 12.2 Å². The normalized spacial score (nSPS) is 20.9. The number of hydrogen-bond acceptors (Lipinski definition) is 4. The number of piperidine rings is 1. The predicted octanol–water partition coefficient (Wildman–Crippen LogP) is 0.348. The van der Waals surface area contributed by atoms with E-state index in [-0.39, 0.29) is 11.9 Å². The van der Waals surface area contributed by atoms with Gasteiger partial charge in [-0.3, -0.25) is 9.78 Å². The third-order valence-corrected chi connectivity index (χ3v) is 2.75. The van der Waals surface area contributed by atoms with E-state index >= 15 is 0 Å². The molecule has 1 aliphatic heterocycles. The molecular formula is C11H16N4O. The molecule has 2 N–H and O–H groups in total. The standard InChI is InChI=1S/C11H16N4O/c1-8-5-14-10(6-13-8)11(16)15-4-2-3-9(12)7-15/h5-6,9H,2-4,7,12H2,1H3. The van der Waals surface area contributed by atoms with E-state index < -0.39 is 0 Å². The Morgan fingerprint density at radius 1 is 1.50 bits per heavy atom. The fourth-order valence-electron chi connectivity index (χ4n) is 1.86. The van der Waals surface area contributed by atoms with Crippen LogP contribution in [-0.2, 0) is 0 Å². The molecule has 1 aliphatic rings. The predicted molar refractivity (Wildman–Crippen MR) is 59.9 cm³/mol. The summed E-state index contributed by atoms with van der Waals surface area (Å²) in [4.78, 5) is 21.9. The maximum atomic E-state index is 12.0. The molecule has 86 valence electrons. The highest BCUT2D eigenvalue weighted by Gasteiger charge is 2.23. The van der Waals surface area contributed by atoms with Gasteiger partial charge in [0.05, 0.1) is 11.9 Å². The van der Waals surface area contributed by atoms with Gasteiger partial charge in [0.2, 0.25) is 0 Å². The number of nitrogens with zero attached hydrogens (tertiary/aromatic N) is 3. The van der Waals surface area contributed by atoms with E-state index in [4.69, 9.17) is 5.73 Å². The van der Waals surface area contributed by atoms with Gasteiger partial charge < -0.3 is 10.6 Å². The first-order valence-corrected chi connectivity index (χ1v) is 5.50. The second-order valence-corrected chi connectivity index (χ2v) is 4.20. The molecule has 1 aromatic heterocycles. The number of aryl methyl sites for hydroxylation is 1. The first-order chi connectivity index (χ1) is 7.66. The Hall–Kier alpha value is -1.49. The molecule has 1 amide bonds. The van der Waals surface area contributed by atoms with Gasteiger partial charge in [0.1, 0.15) is 5.69 Å². The number of carbonyl (C=O) groups excluding carboxylic acids is 1. The zero-order valence-electron chi connectivity index (χ0n) is 9.39. The molecular weight excluding hydrogens is 204 g/mol. The van der Waals surface area contributed by atoms with Crippen molar-refractivity contribution >= 4 is 5.91 Å². The molecule has 0 bridgehead atoms. The molecule has 2 heterocycles. The third kappa shape index (κ3) is 2.36. The summed E-state index contributed by atoms with van der Waals surface area (Å²) in [6.07, 6.45) is 5.09. The van der Waals surface area contributed by atoms with Crippen LogP contribution >= 0.6 is 0 Å². The Bertz CT molecular complexity index is 376. The van der Waals surface area contributed by atoms with Crippen LogP contribution in [0.25, 0.3) is 0 Å². The van der Waals surface area contributed by atoms with Gasteiger partial charge in [0.15, 0.2) is 0 Å². The van der Waals surface area contributed by atoms with Gasteiger partial charge in [-0.15, -0.1) is 0 Å². The van der Waals surface area contributed by atoms with Crippen LogP contribution in [0, 0.1) is 6.92 Å². The van der Waals surface area contributed by atoms with Gasteiger partial charge in [0, 0.05) is 25.3 Å². The average Bonchev–Trinajstić information content (AvgIpc) is 2.29. The van der Waals surface area contributed by atoms with Crippen molar-refractivity contribution in [3.63, 3.8) is 0 Å². The molecule has 0 aromatic carbocycles. The molecule has 1 atom stereocenters. The highest BCUT2D eigenvalue weighted by atomic mass is 16.2. The number of nitrogens with two attached hydrogens (primary N) is 1. The Kier molecular flexibility index (Phi) is 3.14. The number of amides is 1. The minimum atomic E-state index is -0.0670. The fraction of sp³-hybridized carbons (Fsp3) is 0.545. The summed E-state index contributed by atoms with van der Waals surface area (Å²) in [6.45, 7) is 3.23. The lowest BCUT2D eigenvalue weighted by molar-refractivity contribution is 0.0702. The zero-order valence-corrected chi connectivity index (χ0v) is 9.39. The molecule has 5 nitrogen and oxygen atoms in total. The number of aromatic nitrogens is 2. The van der Waals surface area contributed by atoms with E-state index in [9.17, 15) is 4.79 Å². The summed E-state index contributed by atoms with van der Waals surface area (Å²) >= 11 is 0. The average molecular weight is 220 g/mol. The van der Waals surface area contributed by atoms with Crippen LogP contribution in [0.1, 0.15) is 29.0 Å². The second kappa shape index (κ2) is 4.57. The molecule has 0 saturated carbocycles. The summed E-state index contributed by atoms with van der Waals surface area (Å²) in [6, 6.07) is 0.0936. The van der Waals surface area contributed by atoms with Crippen molar-refractivity contribution in [3.8, 4) is 0 Å². The van der Waals surface area contributed by atoms with Crippen LogP contribution in [-0.4, -0.2) is 39.9 Å². The minimum Gasteiger partial charge on any atom is -0.336 e. The quantitative estimate of drug-likeness (QED) is 0.741. The van der Waals surface area contributed by atoms with Gasteiger partial charge in [-0.1, -0.05) is 0 Å². The lowest BCUT2D eigenvalue weighted by Crippen LogP contribution is -2.45. The van der Waals surface area contributed by atoms with Crippen molar-refractivity contribution in [1.82, 2.24) is 14.9 Å². The van der Waals surface area contributed by atoms with E-state index in [1.54, 1.807) is 11.1 Å². The van der Waals surface area contributed by atoms with Crippen molar-refractivity contribution in [3.05, 3.63) is 23.8 Å².